The van der Waals surface area contributed by atoms with Gasteiger partial charge in [-0.3, -0.25) is 14.9 Å². The number of nitro groups is 1. The second-order valence-corrected chi connectivity index (χ2v) is 8.40. The van der Waals surface area contributed by atoms with Crippen LogP contribution in [0.5, 0.6) is 11.6 Å². The number of carbonyl (C=O) groups excluding carboxylic acids is 1. The highest BCUT2D eigenvalue weighted by Gasteiger charge is 2.12. The molecule has 35 heavy (non-hydrogen) atoms. The molecule has 10 heteroatoms. The number of hydrogen-bond donors (Lipinski definition) is 1. The summed E-state index contributed by atoms with van der Waals surface area (Å²) in [6, 6.07) is 19.3. The topological polar surface area (TPSA) is 112 Å². The molecule has 9 nitrogen and oxygen atoms in total. The fourth-order valence-electron chi connectivity index (χ4n) is 3.51. The summed E-state index contributed by atoms with van der Waals surface area (Å²) in [5.41, 5.74) is 6.68. The maximum absolute atomic E-state index is 12.3. The van der Waals surface area contributed by atoms with E-state index in [0.29, 0.717) is 15.8 Å². The van der Waals surface area contributed by atoms with Gasteiger partial charge in [-0.2, -0.15) is 5.10 Å². The van der Waals surface area contributed by atoms with Crippen LogP contribution < -0.4 is 10.2 Å². The average Bonchev–Trinajstić information content (AvgIpc) is 3.13. The van der Waals surface area contributed by atoms with Crippen LogP contribution in [-0.2, 0) is 0 Å². The minimum absolute atomic E-state index is 0.0990. The van der Waals surface area contributed by atoms with E-state index in [0.717, 1.165) is 28.8 Å². The van der Waals surface area contributed by atoms with Crippen LogP contribution in [0.4, 0.5) is 5.69 Å². The summed E-state index contributed by atoms with van der Waals surface area (Å²) in [6.07, 6.45) is 2.77. The van der Waals surface area contributed by atoms with Crippen LogP contribution >= 0.6 is 15.9 Å². The van der Waals surface area contributed by atoms with Crippen LogP contribution in [0.15, 0.2) is 82.5 Å². The third-order valence-corrected chi connectivity index (χ3v) is 5.90. The molecule has 4 rings (SSSR count). The number of halogens is 1. The molecule has 2 aromatic carbocycles. The predicted octanol–water partition coefficient (Wildman–Crippen LogP) is 5.72. The Morgan fingerprint density at radius 1 is 1.14 bits per heavy atom. The van der Waals surface area contributed by atoms with Crippen LogP contribution in [0, 0.1) is 24.0 Å². The van der Waals surface area contributed by atoms with E-state index < -0.39 is 4.92 Å². The molecule has 0 aliphatic carbocycles. The summed E-state index contributed by atoms with van der Waals surface area (Å²) in [6.45, 7) is 3.95. The number of hydrogen-bond acceptors (Lipinski definition) is 6. The Kier molecular flexibility index (Phi) is 7.02. The Labute approximate surface area is 209 Å². The van der Waals surface area contributed by atoms with Gasteiger partial charge in [0.15, 0.2) is 0 Å². The molecule has 0 aliphatic rings. The van der Waals surface area contributed by atoms with Crippen molar-refractivity contribution >= 4 is 33.7 Å². The largest absolute Gasteiger partial charge is 0.439 e. The highest BCUT2D eigenvalue weighted by molar-refractivity contribution is 9.10. The zero-order valence-corrected chi connectivity index (χ0v) is 20.4. The minimum Gasteiger partial charge on any atom is -0.439 e. The standard InChI is InChI=1S/C25H20BrN5O4/c1-16-13-18(14-28-29-25(32)22-5-3-4-6-23(22)26)17(2)30(16)19-7-10-21(11-8-19)35-24-12-9-20(15-27-24)31(33)34/h3-15H,1-2H3,(H,29,32)/b28-14-. The molecule has 4 aromatic rings. The lowest BCUT2D eigenvalue weighted by Crippen LogP contribution is -2.18. The number of aromatic nitrogens is 2. The van der Waals surface area contributed by atoms with Crippen molar-refractivity contribution in [3.63, 3.8) is 0 Å². The Bertz CT molecular complexity index is 1410. The molecule has 0 unspecified atom stereocenters. The molecule has 0 spiro atoms. The van der Waals surface area contributed by atoms with Gasteiger partial charge in [-0.1, -0.05) is 12.1 Å². The number of benzene rings is 2. The summed E-state index contributed by atoms with van der Waals surface area (Å²) in [7, 11) is 0. The van der Waals surface area contributed by atoms with E-state index >= 15 is 0 Å². The Morgan fingerprint density at radius 3 is 2.54 bits per heavy atom. The molecule has 0 bridgehead atoms. The number of ether oxygens (including phenoxy) is 1. The zero-order valence-electron chi connectivity index (χ0n) is 18.8. The maximum atomic E-state index is 12.3. The maximum Gasteiger partial charge on any atom is 0.287 e. The van der Waals surface area contributed by atoms with Gasteiger partial charge in [-0.05, 0) is 72.2 Å². The molecule has 2 aromatic heterocycles. The Balaban J connectivity index is 1.46. The second-order valence-electron chi connectivity index (χ2n) is 7.55. The first-order chi connectivity index (χ1) is 16.8. The first-order valence-corrected chi connectivity index (χ1v) is 11.3. The number of carbonyl (C=O) groups is 1. The van der Waals surface area contributed by atoms with E-state index in [1.807, 2.05) is 38.1 Å². The van der Waals surface area contributed by atoms with E-state index in [-0.39, 0.29) is 17.5 Å². The van der Waals surface area contributed by atoms with Crippen LogP contribution in [0.2, 0.25) is 0 Å². The van der Waals surface area contributed by atoms with Gasteiger partial charge in [-0.15, -0.1) is 0 Å². The van der Waals surface area contributed by atoms with Crippen molar-refractivity contribution in [1.29, 1.82) is 0 Å². The van der Waals surface area contributed by atoms with Crippen molar-refractivity contribution < 1.29 is 14.5 Å². The molecule has 2 heterocycles. The van der Waals surface area contributed by atoms with E-state index in [9.17, 15) is 14.9 Å². The summed E-state index contributed by atoms with van der Waals surface area (Å²) in [5.74, 6) is 0.509. The fraction of sp³-hybridized carbons (Fsp3) is 0.0800. The minimum atomic E-state index is -0.511. The molecular weight excluding hydrogens is 514 g/mol. The van der Waals surface area contributed by atoms with Crippen molar-refractivity contribution in [2.75, 3.05) is 0 Å². The molecule has 176 valence electrons. The first-order valence-electron chi connectivity index (χ1n) is 10.5. The smallest absolute Gasteiger partial charge is 0.287 e. The average molecular weight is 534 g/mol. The number of amides is 1. The summed E-state index contributed by atoms with van der Waals surface area (Å²) in [4.78, 5) is 26.5. The van der Waals surface area contributed by atoms with Crippen molar-refractivity contribution in [3.8, 4) is 17.3 Å². The van der Waals surface area contributed by atoms with Crippen LogP contribution in [0.25, 0.3) is 5.69 Å². The zero-order chi connectivity index (χ0) is 24.9. The lowest BCUT2D eigenvalue weighted by atomic mass is 10.2. The van der Waals surface area contributed by atoms with Gasteiger partial charge in [0.2, 0.25) is 5.88 Å². The molecule has 0 saturated carbocycles. The van der Waals surface area contributed by atoms with Crippen molar-refractivity contribution in [2.24, 2.45) is 5.10 Å². The molecule has 0 fully saturated rings. The highest BCUT2D eigenvalue weighted by Crippen LogP contribution is 2.25. The normalized spacial score (nSPS) is 10.9. The quantitative estimate of drug-likeness (QED) is 0.185. The Morgan fingerprint density at radius 2 is 1.89 bits per heavy atom. The van der Waals surface area contributed by atoms with Gasteiger partial charge in [0.1, 0.15) is 11.9 Å². The van der Waals surface area contributed by atoms with Gasteiger partial charge < -0.3 is 9.30 Å². The molecule has 1 amide bonds. The molecular formula is C25H20BrN5O4. The highest BCUT2D eigenvalue weighted by atomic mass is 79.9. The van der Waals surface area contributed by atoms with Gasteiger partial charge in [0, 0.05) is 39.2 Å². The molecule has 0 aliphatic heterocycles. The third kappa shape index (κ3) is 5.44. The SMILES string of the molecule is Cc1cc(/C=N\NC(=O)c2ccccc2Br)c(C)n1-c1ccc(Oc2ccc([N+](=O)[O-])cn2)cc1. The monoisotopic (exact) mass is 533 g/mol. The van der Waals surface area contributed by atoms with Gasteiger partial charge in [-0.25, -0.2) is 10.4 Å². The lowest BCUT2D eigenvalue weighted by Gasteiger charge is -2.11. The van der Waals surface area contributed by atoms with E-state index in [2.05, 4.69) is 36.0 Å². The summed E-state index contributed by atoms with van der Waals surface area (Å²) < 4.78 is 8.44. The first kappa shape index (κ1) is 23.8. The third-order valence-electron chi connectivity index (χ3n) is 5.21. The van der Waals surface area contributed by atoms with Crippen LogP contribution in [0.3, 0.4) is 0 Å². The van der Waals surface area contributed by atoms with Crippen molar-refractivity contribution in [3.05, 3.63) is 110 Å². The number of hydrazone groups is 1. The second kappa shape index (κ2) is 10.3. The van der Waals surface area contributed by atoms with E-state index in [1.165, 1.54) is 12.1 Å². The van der Waals surface area contributed by atoms with Gasteiger partial charge >= 0.3 is 0 Å². The lowest BCUT2D eigenvalue weighted by molar-refractivity contribution is -0.385. The molecule has 0 radical (unpaired) electrons. The fourth-order valence-corrected chi connectivity index (χ4v) is 3.97. The predicted molar refractivity (Wildman–Crippen MR) is 135 cm³/mol. The van der Waals surface area contributed by atoms with Gasteiger partial charge in [0.25, 0.3) is 11.6 Å². The summed E-state index contributed by atoms with van der Waals surface area (Å²) in [5, 5.41) is 14.9. The van der Waals surface area contributed by atoms with Crippen molar-refractivity contribution in [1.82, 2.24) is 15.0 Å². The molecule has 1 N–H and O–H groups in total. The number of rotatable bonds is 7. The summed E-state index contributed by atoms with van der Waals surface area (Å²) >= 11 is 3.36. The molecule has 0 saturated heterocycles. The van der Waals surface area contributed by atoms with E-state index in [1.54, 1.807) is 36.5 Å². The van der Waals surface area contributed by atoms with Crippen molar-refractivity contribution in [2.45, 2.75) is 13.8 Å². The number of pyridine rings is 1. The molecule has 0 atom stereocenters. The number of nitrogens with one attached hydrogen (secondary N) is 1. The Hall–Kier alpha value is -4.31. The van der Waals surface area contributed by atoms with Gasteiger partial charge in [0.05, 0.1) is 16.7 Å². The number of nitrogens with zero attached hydrogens (tertiary/aromatic N) is 4. The van der Waals surface area contributed by atoms with Crippen LogP contribution in [0.1, 0.15) is 27.3 Å². The van der Waals surface area contributed by atoms with E-state index in [4.69, 9.17) is 4.74 Å². The van der Waals surface area contributed by atoms with Crippen LogP contribution in [-0.4, -0.2) is 26.6 Å². The number of aryl methyl sites for hydroxylation is 1.